The summed E-state index contributed by atoms with van der Waals surface area (Å²) in [5, 5.41) is 0. The largest absolute Gasteiger partial charge is 0.458 e. The molecule has 0 radical (unpaired) electrons. The number of benzene rings is 2. The van der Waals surface area contributed by atoms with Gasteiger partial charge in [-0.15, -0.1) is 0 Å². The van der Waals surface area contributed by atoms with E-state index in [-0.39, 0.29) is 11.5 Å². The molecular formula is C27H26F6O2. The van der Waals surface area contributed by atoms with Crippen LogP contribution >= 0.6 is 0 Å². The van der Waals surface area contributed by atoms with E-state index in [1.165, 1.54) is 0 Å². The zero-order valence-corrected chi connectivity index (χ0v) is 19.7. The Morgan fingerprint density at radius 2 is 0.886 bits per heavy atom. The van der Waals surface area contributed by atoms with Crippen molar-refractivity contribution in [3.63, 3.8) is 0 Å². The van der Waals surface area contributed by atoms with Crippen LogP contribution in [0.4, 0.5) is 26.3 Å². The van der Waals surface area contributed by atoms with Crippen LogP contribution in [0.5, 0.6) is 11.5 Å². The van der Waals surface area contributed by atoms with Crippen molar-refractivity contribution in [1.82, 2.24) is 0 Å². The number of alkyl halides is 6. The summed E-state index contributed by atoms with van der Waals surface area (Å²) in [5.74, 6) is 0.994. The van der Waals surface area contributed by atoms with Gasteiger partial charge in [0.25, 0.3) is 0 Å². The molecule has 0 atom stereocenters. The standard InChI is InChI=1S/C27H26F6O2/c1-5-9-21(7-3)34-23-15-11-19(12-16-23)25(26(28,29)30,27(31,32)33)20-13-17-24(18-14-20)35-22(8-4)10-6-2/h5-18H,1-4H3/b9-5-,10-6-,21-7+,22-8+. The highest BCUT2D eigenvalue weighted by atomic mass is 19.4. The first-order valence-electron chi connectivity index (χ1n) is 10.7. The van der Waals surface area contributed by atoms with Crippen molar-refractivity contribution in [3.8, 4) is 11.5 Å². The van der Waals surface area contributed by atoms with Gasteiger partial charge in [0, 0.05) is 0 Å². The molecule has 0 heterocycles. The first kappa shape index (κ1) is 27.8. The van der Waals surface area contributed by atoms with Crippen LogP contribution in [0.3, 0.4) is 0 Å². The van der Waals surface area contributed by atoms with Gasteiger partial charge in [0.05, 0.1) is 0 Å². The Morgan fingerprint density at radius 1 is 0.571 bits per heavy atom. The van der Waals surface area contributed by atoms with Crippen LogP contribution in [0.2, 0.25) is 0 Å². The lowest BCUT2D eigenvalue weighted by molar-refractivity contribution is -0.288. The highest BCUT2D eigenvalue weighted by Gasteiger charge is 2.72. The third-order valence-electron chi connectivity index (χ3n) is 5.13. The molecule has 35 heavy (non-hydrogen) atoms. The van der Waals surface area contributed by atoms with E-state index in [1.807, 2.05) is 0 Å². The van der Waals surface area contributed by atoms with Crippen molar-refractivity contribution < 1.29 is 35.8 Å². The fraction of sp³-hybridized carbons (Fsp3) is 0.259. The number of hydrogen-bond donors (Lipinski definition) is 0. The lowest BCUT2D eigenvalue weighted by Crippen LogP contribution is -2.54. The van der Waals surface area contributed by atoms with E-state index in [4.69, 9.17) is 9.47 Å². The molecule has 188 valence electrons. The summed E-state index contributed by atoms with van der Waals surface area (Å²) < 4.78 is 97.2. The third-order valence-corrected chi connectivity index (χ3v) is 5.13. The smallest absolute Gasteiger partial charge is 0.411 e. The lowest BCUT2D eigenvalue weighted by atomic mass is 9.73. The van der Waals surface area contributed by atoms with E-state index in [0.717, 1.165) is 48.5 Å². The molecule has 0 N–H and O–H groups in total. The summed E-state index contributed by atoms with van der Waals surface area (Å²) in [6.45, 7) is 6.86. The van der Waals surface area contributed by atoms with Gasteiger partial charge in [0.15, 0.2) is 0 Å². The predicted molar refractivity (Wildman–Crippen MR) is 124 cm³/mol. The van der Waals surface area contributed by atoms with Gasteiger partial charge in [0.2, 0.25) is 5.41 Å². The zero-order valence-electron chi connectivity index (χ0n) is 19.7. The Balaban J connectivity index is 2.61. The highest BCUT2D eigenvalue weighted by Crippen LogP contribution is 2.56. The second kappa shape index (κ2) is 11.3. The molecule has 0 saturated carbocycles. The van der Waals surface area contributed by atoms with Crippen molar-refractivity contribution >= 4 is 0 Å². The van der Waals surface area contributed by atoms with Crippen molar-refractivity contribution in [2.24, 2.45) is 0 Å². The van der Waals surface area contributed by atoms with Crippen LogP contribution in [0, 0.1) is 0 Å². The van der Waals surface area contributed by atoms with E-state index in [2.05, 4.69) is 0 Å². The molecule has 0 bridgehead atoms. The van der Waals surface area contributed by atoms with E-state index < -0.39 is 28.9 Å². The molecule has 0 amide bonds. The first-order chi connectivity index (χ1) is 16.4. The maximum absolute atomic E-state index is 14.4. The van der Waals surface area contributed by atoms with Gasteiger partial charge in [-0.25, -0.2) is 0 Å². The van der Waals surface area contributed by atoms with E-state index in [9.17, 15) is 26.3 Å². The molecule has 8 heteroatoms. The van der Waals surface area contributed by atoms with Crippen LogP contribution in [-0.4, -0.2) is 12.4 Å². The maximum Gasteiger partial charge on any atom is 0.411 e. The summed E-state index contributed by atoms with van der Waals surface area (Å²) in [4.78, 5) is 0. The van der Waals surface area contributed by atoms with Crippen LogP contribution < -0.4 is 9.47 Å². The average Bonchev–Trinajstić information content (AvgIpc) is 2.79. The molecule has 0 aliphatic rings. The lowest BCUT2D eigenvalue weighted by Gasteiger charge is -2.38. The van der Waals surface area contributed by atoms with Crippen LogP contribution in [0.25, 0.3) is 0 Å². The Kier molecular flexibility index (Phi) is 9.01. The minimum atomic E-state index is -5.69. The SMILES string of the molecule is C/C=C\C(=C/C)Oc1ccc(C(c2ccc(OC(/C=C\C)=C/C)cc2)(C(F)(F)F)C(F)(F)F)cc1. The quantitative estimate of drug-likeness (QED) is 0.207. The predicted octanol–water partition coefficient (Wildman–Crippen LogP) is 8.81. The fourth-order valence-electron chi connectivity index (χ4n) is 3.51. The normalized spacial score (nSPS) is 14.1. The Labute approximate surface area is 200 Å². The molecule has 0 fully saturated rings. The summed E-state index contributed by atoms with van der Waals surface area (Å²) in [7, 11) is 0. The van der Waals surface area contributed by atoms with Gasteiger partial charge < -0.3 is 9.47 Å². The number of allylic oxidation sites excluding steroid dienone is 6. The zero-order chi connectivity index (χ0) is 26.3. The van der Waals surface area contributed by atoms with Crippen molar-refractivity contribution in [1.29, 1.82) is 0 Å². The average molecular weight is 496 g/mol. The van der Waals surface area contributed by atoms with Gasteiger partial charge in [-0.05, 0) is 87.4 Å². The minimum absolute atomic E-state index is 0.102. The van der Waals surface area contributed by atoms with Gasteiger partial charge in [-0.2, -0.15) is 26.3 Å². The molecule has 2 nitrogen and oxygen atoms in total. The molecule has 0 aliphatic heterocycles. The van der Waals surface area contributed by atoms with Gasteiger partial charge in [-0.1, -0.05) is 36.4 Å². The highest BCUT2D eigenvalue weighted by molar-refractivity contribution is 5.47. The van der Waals surface area contributed by atoms with E-state index in [0.29, 0.717) is 11.5 Å². The van der Waals surface area contributed by atoms with E-state index in [1.54, 1.807) is 64.2 Å². The van der Waals surface area contributed by atoms with Crippen molar-refractivity contribution in [2.75, 3.05) is 0 Å². The van der Waals surface area contributed by atoms with Crippen LogP contribution in [-0.2, 0) is 5.41 Å². The minimum Gasteiger partial charge on any atom is -0.458 e. The second-order valence-corrected chi connectivity index (χ2v) is 7.38. The molecule has 2 aromatic rings. The van der Waals surface area contributed by atoms with Crippen LogP contribution in [0.15, 0.2) is 96.5 Å². The summed E-state index contributed by atoms with van der Waals surface area (Å²) in [6.07, 6.45) is -1.54. The maximum atomic E-state index is 14.4. The van der Waals surface area contributed by atoms with Crippen molar-refractivity contribution in [3.05, 3.63) is 108 Å². The summed E-state index contributed by atoms with van der Waals surface area (Å²) in [5.41, 5.74) is -6.21. The van der Waals surface area contributed by atoms with E-state index >= 15 is 0 Å². The Hall–Kier alpha value is -3.42. The Bertz CT molecular complexity index is 997. The third kappa shape index (κ3) is 5.99. The number of halogens is 6. The van der Waals surface area contributed by atoms with Crippen LogP contribution in [0.1, 0.15) is 38.8 Å². The summed E-state index contributed by atoms with van der Waals surface area (Å²) >= 11 is 0. The van der Waals surface area contributed by atoms with Gasteiger partial charge in [-0.3, -0.25) is 0 Å². The molecular weight excluding hydrogens is 470 g/mol. The number of rotatable bonds is 8. The van der Waals surface area contributed by atoms with Gasteiger partial charge in [0.1, 0.15) is 23.0 Å². The summed E-state index contributed by atoms with van der Waals surface area (Å²) in [6, 6.07) is 7.48. The molecule has 0 unspecified atom stereocenters. The monoisotopic (exact) mass is 496 g/mol. The molecule has 2 aromatic carbocycles. The molecule has 2 rings (SSSR count). The topological polar surface area (TPSA) is 18.5 Å². The fourth-order valence-corrected chi connectivity index (χ4v) is 3.51. The molecule has 0 spiro atoms. The molecule has 0 saturated heterocycles. The molecule has 0 aromatic heterocycles. The number of ether oxygens (including phenoxy) is 2. The molecule has 0 aliphatic carbocycles. The number of hydrogen-bond acceptors (Lipinski definition) is 2. The first-order valence-corrected chi connectivity index (χ1v) is 10.7. The Morgan fingerprint density at radius 3 is 1.11 bits per heavy atom. The second-order valence-electron chi connectivity index (χ2n) is 7.38. The van der Waals surface area contributed by atoms with Crippen molar-refractivity contribution in [2.45, 2.75) is 45.5 Å². The van der Waals surface area contributed by atoms with Gasteiger partial charge >= 0.3 is 12.4 Å².